The lowest BCUT2D eigenvalue weighted by Crippen LogP contribution is -2.29. The van der Waals surface area contributed by atoms with Crippen LogP contribution in [0.25, 0.3) is 5.00 Å². The summed E-state index contributed by atoms with van der Waals surface area (Å²) in [5, 5.41) is 15.2. The molecule has 0 saturated heterocycles. The van der Waals surface area contributed by atoms with Crippen LogP contribution in [0.3, 0.4) is 0 Å². The van der Waals surface area contributed by atoms with Crippen molar-refractivity contribution >= 4 is 40.4 Å². The van der Waals surface area contributed by atoms with E-state index in [1.54, 1.807) is 24.3 Å². The molecular weight excluding hydrogens is 470 g/mol. The number of rotatable bonds is 6. The number of carbonyl (C=O) groups is 2. The number of aryl methyl sites for hydroxylation is 3. The van der Waals surface area contributed by atoms with Crippen LogP contribution < -0.4 is 10.6 Å². The number of nitrogens with zero attached hydrogens (tertiary/aromatic N) is 3. The molecule has 0 aliphatic carbocycles. The third-order valence-electron chi connectivity index (χ3n) is 5.49. The SMILES string of the molecule is Cc1cccc(NC(=O)NCc2nnc(C)n2-c2sc(C)c(C)c2C(=O)c2ccccc2Cl)c1. The minimum absolute atomic E-state index is 0.133. The first kappa shape index (κ1) is 23.7. The predicted octanol–water partition coefficient (Wildman–Crippen LogP) is 5.77. The first-order valence-corrected chi connectivity index (χ1v) is 11.9. The average molecular weight is 494 g/mol. The van der Waals surface area contributed by atoms with E-state index in [9.17, 15) is 9.59 Å². The fourth-order valence-electron chi connectivity index (χ4n) is 3.66. The molecule has 2 aromatic carbocycles. The largest absolute Gasteiger partial charge is 0.331 e. The number of nitrogens with one attached hydrogen (secondary N) is 2. The molecule has 2 amide bonds. The van der Waals surface area contributed by atoms with Gasteiger partial charge in [0.1, 0.15) is 10.8 Å². The third-order valence-corrected chi connectivity index (χ3v) is 7.01. The van der Waals surface area contributed by atoms with Gasteiger partial charge < -0.3 is 10.6 Å². The summed E-state index contributed by atoms with van der Waals surface area (Å²) in [7, 11) is 0. The van der Waals surface area contributed by atoms with E-state index in [1.165, 1.54) is 11.3 Å². The average Bonchev–Trinajstić information content (AvgIpc) is 3.30. The van der Waals surface area contributed by atoms with Crippen molar-refractivity contribution in [2.75, 3.05) is 5.32 Å². The second kappa shape index (κ2) is 9.79. The monoisotopic (exact) mass is 493 g/mol. The number of aromatic nitrogens is 3. The summed E-state index contributed by atoms with van der Waals surface area (Å²) in [5.41, 5.74) is 3.63. The highest BCUT2D eigenvalue weighted by Crippen LogP contribution is 2.35. The Bertz CT molecular complexity index is 1390. The summed E-state index contributed by atoms with van der Waals surface area (Å²) in [6.07, 6.45) is 0. The molecule has 0 radical (unpaired) electrons. The van der Waals surface area contributed by atoms with Crippen LogP contribution in [0.5, 0.6) is 0 Å². The molecule has 0 spiro atoms. The van der Waals surface area contributed by atoms with Gasteiger partial charge in [0, 0.05) is 16.1 Å². The maximum Gasteiger partial charge on any atom is 0.319 e. The number of thiophene rings is 1. The van der Waals surface area contributed by atoms with Gasteiger partial charge in [-0.05, 0) is 63.1 Å². The Kier molecular flexibility index (Phi) is 6.81. The van der Waals surface area contributed by atoms with Gasteiger partial charge in [-0.25, -0.2) is 4.79 Å². The number of carbonyl (C=O) groups excluding carboxylic acids is 2. The van der Waals surface area contributed by atoms with Crippen molar-refractivity contribution in [3.05, 3.63) is 92.3 Å². The molecule has 4 aromatic rings. The molecule has 0 aliphatic rings. The summed E-state index contributed by atoms with van der Waals surface area (Å²) < 4.78 is 1.82. The van der Waals surface area contributed by atoms with E-state index in [4.69, 9.17) is 11.6 Å². The summed E-state index contributed by atoms with van der Waals surface area (Å²) >= 11 is 7.81. The molecule has 174 valence electrons. The van der Waals surface area contributed by atoms with E-state index in [-0.39, 0.29) is 18.4 Å². The van der Waals surface area contributed by atoms with Gasteiger partial charge in [0.2, 0.25) is 0 Å². The van der Waals surface area contributed by atoms with Crippen molar-refractivity contribution in [1.82, 2.24) is 20.1 Å². The molecule has 7 nitrogen and oxygen atoms in total. The molecule has 0 aliphatic heterocycles. The summed E-state index contributed by atoms with van der Waals surface area (Å²) in [6, 6.07) is 14.2. The van der Waals surface area contributed by atoms with Crippen LogP contribution in [-0.2, 0) is 6.54 Å². The van der Waals surface area contributed by atoms with Crippen LogP contribution in [0.2, 0.25) is 5.02 Å². The smallest absolute Gasteiger partial charge is 0.319 e. The fraction of sp³-hybridized carbons (Fsp3) is 0.200. The molecule has 0 unspecified atom stereocenters. The number of ketones is 1. The van der Waals surface area contributed by atoms with Gasteiger partial charge in [0.15, 0.2) is 11.6 Å². The zero-order chi connectivity index (χ0) is 24.4. The lowest BCUT2D eigenvalue weighted by Gasteiger charge is -2.12. The molecular formula is C25H24ClN5O2S. The molecule has 2 heterocycles. The maximum atomic E-state index is 13.5. The molecule has 4 rings (SSSR count). The van der Waals surface area contributed by atoms with Gasteiger partial charge in [-0.1, -0.05) is 35.9 Å². The Morgan fingerprint density at radius 1 is 1.03 bits per heavy atom. The highest BCUT2D eigenvalue weighted by atomic mass is 35.5. The lowest BCUT2D eigenvalue weighted by molar-refractivity contribution is 0.103. The molecule has 2 aromatic heterocycles. The number of amides is 2. The van der Waals surface area contributed by atoms with Crippen LogP contribution in [-0.4, -0.2) is 26.6 Å². The first-order chi connectivity index (χ1) is 16.3. The highest BCUT2D eigenvalue weighted by molar-refractivity contribution is 7.15. The topological polar surface area (TPSA) is 88.9 Å². The lowest BCUT2D eigenvalue weighted by atomic mass is 10.0. The molecule has 0 saturated carbocycles. The predicted molar refractivity (Wildman–Crippen MR) is 135 cm³/mol. The maximum absolute atomic E-state index is 13.5. The zero-order valence-corrected chi connectivity index (χ0v) is 20.8. The Morgan fingerprint density at radius 3 is 2.53 bits per heavy atom. The summed E-state index contributed by atoms with van der Waals surface area (Å²) in [4.78, 5) is 27.0. The fourth-order valence-corrected chi connectivity index (χ4v) is 5.10. The molecule has 0 bridgehead atoms. The highest BCUT2D eigenvalue weighted by Gasteiger charge is 2.26. The Hall–Kier alpha value is -3.49. The van der Waals surface area contributed by atoms with Crippen molar-refractivity contribution in [2.45, 2.75) is 34.2 Å². The number of halogens is 1. The van der Waals surface area contributed by atoms with Gasteiger partial charge in [-0.15, -0.1) is 21.5 Å². The molecule has 9 heteroatoms. The van der Waals surface area contributed by atoms with E-state index in [0.29, 0.717) is 38.5 Å². The van der Waals surface area contributed by atoms with Crippen molar-refractivity contribution in [2.24, 2.45) is 0 Å². The van der Waals surface area contributed by atoms with E-state index >= 15 is 0 Å². The number of anilines is 1. The van der Waals surface area contributed by atoms with Gasteiger partial charge in [-0.2, -0.15) is 0 Å². The Balaban J connectivity index is 1.63. The van der Waals surface area contributed by atoms with Crippen LogP contribution in [0.4, 0.5) is 10.5 Å². The quantitative estimate of drug-likeness (QED) is 0.334. The van der Waals surface area contributed by atoms with Crippen LogP contribution in [0.15, 0.2) is 48.5 Å². The van der Waals surface area contributed by atoms with Crippen molar-refractivity contribution in [3.63, 3.8) is 0 Å². The molecule has 0 atom stereocenters. The van der Waals surface area contributed by atoms with Crippen LogP contribution in [0.1, 0.15) is 43.6 Å². The van der Waals surface area contributed by atoms with E-state index in [1.807, 2.05) is 56.5 Å². The van der Waals surface area contributed by atoms with Gasteiger partial charge in [0.05, 0.1) is 17.1 Å². The number of benzene rings is 2. The molecule has 34 heavy (non-hydrogen) atoms. The number of hydrogen-bond acceptors (Lipinski definition) is 5. The zero-order valence-electron chi connectivity index (χ0n) is 19.3. The summed E-state index contributed by atoms with van der Waals surface area (Å²) in [6.45, 7) is 7.80. The third kappa shape index (κ3) is 4.73. The Morgan fingerprint density at radius 2 is 1.79 bits per heavy atom. The Labute approximate surface area is 206 Å². The van der Waals surface area contributed by atoms with Crippen LogP contribution >= 0.6 is 22.9 Å². The van der Waals surface area contributed by atoms with E-state index in [2.05, 4.69) is 20.8 Å². The normalized spacial score (nSPS) is 10.9. The van der Waals surface area contributed by atoms with Gasteiger partial charge >= 0.3 is 6.03 Å². The van der Waals surface area contributed by atoms with Gasteiger partial charge in [-0.3, -0.25) is 9.36 Å². The number of hydrogen-bond donors (Lipinski definition) is 2. The molecule has 0 fully saturated rings. The van der Waals surface area contributed by atoms with Gasteiger partial charge in [0.25, 0.3) is 0 Å². The standard InChI is InChI=1S/C25H24ClN5O2S/c1-14-8-7-9-18(12-14)28-25(33)27-13-21-30-29-17(4)31(21)24-22(15(2)16(3)34-24)23(32)19-10-5-6-11-20(19)26/h5-12H,13H2,1-4H3,(H2,27,28,33). The second-order valence-electron chi connectivity index (χ2n) is 7.95. The van der Waals surface area contributed by atoms with E-state index in [0.717, 1.165) is 16.0 Å². The van der Waals surface area contributed by atoms with Crippen molar-refractivity contribution < 1.29 is 9.59 Å². The summed E-state index contributed by atoms with van der Waals surface area (Å²) in [5.74, 6) is 0.975. The first-order valence-electron chi connectivity index (χ1n) is 10.7. The minimum atomic E-state index is -0.358. The van der Waals surface area contributed by atoms with Crippen molar-refractivity contribution in [3.8, 4) is 5.00 Å². The second-order valence-corrected chi connectivity index (χ2v) is 9.56. The minimum Gasteiger partial charge on any atom is -0.331 e. The number of urea groups is 1. The van der Waals surface area contributed by atoms with Crippen molar-refractivity contribution in [1.29, 1.82) is 0 Å². The molecule has 2 N–H and O–H groups in total. The van der Waals surface area contributed by atoms with Crippen LogP contribution in [0, 0.1) is 27.7 Å². The van der Waals surface area contributed by atoms with E-state index < -0.39 is 0 Å².